The number of phenolic OH excluding ortho intramolecular Hbond substituents is 1. The highest BCUT2D eigenvalue weighted by molar-refractivity contribution is 5.94. The van der Waals surface area contributed by atoms with Gasteiger partial charge in [-0.3, -0.25) is 0 Å². The number of carboxylic acid groups (broad SMARTS) is 1. The molecule has 5 heteroatoms. The predicted octanol–water partition coefficient (Wildman–Crippen LogP) is 5.83. The number of rotatable bonds is 3. The summed E-state index contributed by atoms with van der Waals surface area (Å²) in [6, 6.07) is 4.87. The molecule has 0 aromatic heterocycles. The summed E-state index contributed by atoms with van der Waals surface area (Å²) < 4.78 is 5.74. The lowest BCUT2D eigenvalue weighted by molar-refractivity contribution is 0.0695. The molecule has 0 saturated carbocycles. The Morgan fingerprint density at radius 3 is 1.70 bits per heavy atom. The number of carboxylic acids is 1. The third kappa shape index (κ3) is 4.50. The largest absolute Gasteiger partial charge is 0.507 e. The van der Waals surface area contributed by atoms with Crippen molar-refractivity contribution in [3.8, 4) is 11.5 Å². The number of aryl methyl sites for hydroxylation is 1. The summed E-state index contributed by atoms with van der Waals surface area (Å²) in [5, 5.41) is 20.2. The second-order valence-corrected chi connectivity index (χ2v) is 9.93. The highest BCUT2D eigenvalue weighted by atomic mass is 16.5. The maximum atomic E-state index is 13.1. The fraction of sp³-hybridized carbons (Fsp3) is 0.440. The first-order chi connectivity index (χ1) is 13.6. The molecule has 0 fully saturated rings. The minimum atomic E-state index is -1.01. The lowest BCUT2D eigenvalue weighted by Gasteiger charge is -2.28. The molecular formula is C25H32O5. The zero-order valence-corrected chi connectivity index (χ0v) is 19.4. The first kappa shape index (κ1) is 23.5. The quantitative estimate of drug-likeness (QED) is 0.489. The third-order valence-electron chi connectivity index (χ3n) is 5.41. The molecule has 0 atom stereocenters. The van der Waals surface area contributed by atoms with Crippen LogP contribution in [-0.2, 0) is 10.8 Å². The predicted molar refractivity (Wildman–Crippen MR) is 118 cm³/mol. The van der Waals surface area contributed by atoms with Crippen LogP contribution in [0.1, 0.15) is 90.1 Å². The van der Waals surface area contributed by atoms with Crippen LogP contribution in [0.25, 0.3) is 0 Å². The van der Waals surface area contributed by atoms with Gasteiger partial charge in [-0.2, -0.15) is 0 Å². The zero-order valence-electron chi connectivity index (χ0n) is 19.4. The molecule has 0 unspecified atom stereocenters. The maximum absolute atomic E-state index is 13.1. The van der Waals surface area contributed by atoms with Crippen LogP contribution in [0, 0.1) is 20.8 Å². The number of hydrogen-bond donors (Lipinski definition) is 2. The topological polar surface area (TPSA) is 83.8 Å². The Labute approximate surface area is 178 Å². The first-order valence-corrected chi connectivity index (χ1v) is 10.00. The lowest BCUT2D eigenvalue weighted by Crippen LogP contribution is -2.20. The lowest BCUT2D eigenvalue weighted by atomic mass is 9.78. The number of carbonyl (C=O) groups excluding carboxylic acids is 1. The SMILES string of the molecule is Cc1cc(C(=O)O)c(C)c(C)c1OC(=O)c1cc(C(C)(C)C)c(O)c(C(C)(C)C)c1. The van der Waals surface area contributed by atoms with Crippen LogP contribution in [0.15, 0.2) is 18.2 Å². The van der Waals surface area contributed by atoms with E-state index in [-0.39, 0.29) is 22.1 Å². The molecule has 2 aromatic carbocycles. The molecule has 0 bridgehead atoms. The number of benzene rings is 2. The fourth-order valence-corrected chi connectivity index (χ4v) is 3.48. The van der Waals surface area contributed by atoms with Crippen LogP contribution in [0.4, 0.5) is 0 Å². The van der Waals surface area contributed by atoms with Gasteiger partial charge in [0, 0.05) is 11.1 Å². The number of aromatic carboxylic acids is 1. The van der Waals surface area contributed by atoms with E-state index in [1.165, 1.54) is 6.07 Å². The summed E-state index contributed by atoms with van der Waals surface area (Å²) in [5.41, 5.74) is 2.91. The second kappa shape index (κ2) is 7.78. The van der Waals surface area contributed by atoms with E-state index in [0.717, 1.165) is 0 Å². The summed E-state index contributed by atoms with van der Waals surface area (Å²) in [4.78, 5) is 24.5. The van der Waals surface area contributed by atoms with Crippen LogP contribution in [0.2, 0.25) is 0 Å². The molecule has 0 saturated heterocycles. The molecule has 0 aliphatic rings. The van der Waals surface area contributed by atoms with Gasteiger partial charge in [-0.15, -0.1) is 0 Å². The number of esters is 1. The Balaban J connectivity index is 2.60. The van der Waals surface area contributed by atoms with E-state index in [1.54, 1.807) is 32.9 Å². The molecule has 30 heavy (non-hydrogen) atoms. The van der Waals surface area contributed by atoms with Crippen molar-refractivity contribution in [2.45, 2.75) is 73.1 Å². The van der Waals surface area contributed by atoms with Crippen LogP contribution >= 0.6 is 0 Å². The molecule has 0 radical (unpaired) electrons. The van der Waals surface area contributed by atoms with Gasteiger partial charge in [0.05, 0.1) is 11.1 Å². The van der Waals surface area contributed by atoms with Gasteiger partial charge in [-0.05, 0) is 66.5 Å². The molecular weight excluding hydrogens is 380 g/mol. The van der Waals surface area contributed by atoms with Crippen LogP contribution in [-0.4, -0.2) is 22.2 Å². The Morgan fingerprint density at radius 2 is 1.30 bits per heavy atom. The molecule has 2 rings (SSSR count). The van der Waals surface area contributed by atoms with E-state index in [1.807, 2.05) is 41.5 Å². The van der Waals surface area contributed by atoms with Gasteiger partial charge in [0.1, 0.15) is 11.5 Å². The van der Waals surface area contributed by atoms with Gasteiger partial charge in [0.25, 0.3) is 0 Å². The van der Waals surface area contributed by atoms with E-state index >= 15 is 0 Å². The number of ether oxygens (including phenoxy) is 1. The third-order valence-corrected chi connectivity index (χ3v) is 5.41. The average molecular weight is 413 g/mol. The zero-order chi connectivity index (χ0) is 23.2. The Hall–Kier alpha value is -2.82. The first-order valence-electron chi connectivity index (χ1n) is 10.00. The van der Waals surface area contributed by atoms with Crippen LogP contribution in [0.5, 0.6) is 11.5 Å². The van der Waals surface area contributed by atoms with E-state index in [4.69, 9.17) is 4.74 Å². The molecule has 5 nitrogen and oxygen atoms in total. The molecule has 0 heterocycles. The standard InChI is InChI=1S/C25H32O5/c1-13-10-17(22(27)28)14(2)15(3)21(13)30-23(29)16-11-18(24(4,5)6)20(26)19(12-16)25(7,8)9/h10-12,26H,1-9H3,(H,27,28). The van der Waals surface area contributed by atoms with E-state index in [2.05, 4.69) is 0 Å². The van der Waals surface area contributed by atoms with Gasteiger partial charge in [0.15, 0.2) is 0 Å². The second-order valence-electron chi connectivity index (χ2n) is 9.93. The number of carbonyl (C=O) groups is 2. The highest BCUT2D eigenvalue weighted by Crippen LogP contribution is 2.40. The monoisotopic (exact) mass is 412 g/mol. The number of hydrogen-bond acceptors (Lipinski definition) is 4. The molecule has 2 N–H and O–H groups in total. The number of phenols is 1. The van der Waals surface area contributed by atoms with Crippen molar-refractivity contribution < 1.29 is 24.5 Å². The number of aromatic hydroxyl groups is 1. The Kier molecular flexibility index (Phi) is 6.09. The molecule has 0 aliphatic carbocycles. The summed E-state index contributed by atoms with van der Waals surface area (Å²) in [6.07, 6.45) is 0. The molecule has 2 aromatic rings. The van der Waals surface area contributed by atoms with Crippen molar-refractivity contribution in [3.63, 3.8) is 0 Å². The summed E-state index contributed by atoms with van der Waals surface area (Å²) in [7, 11) is 0. The van der Waals surface area contributed by atoms with Crippen molar-refractivity contribution >= 4 is 11.9 Å². The summed E-state index contributed by atoms with van der Waals surface area (Å²) in [6.45, 7) is 17.0. The van der Waals surface area contributed by atoms with Crippen molar-refractivity contribution in [3.05, 3.63) is 57.1 Å². The van der Waals surface area contributed by atoms with Crippen molar-refractivity contribution in [1.29, 1.82) is 0 Å². The van der Waals surface area contributed by atoms with E-state index in [9.17, 15) is 19.8 Å². The average Bonchev–Trinajstić information content (AvgIpc) is 2.59. The molecule has 0 spiro atoms. The smallest absolute Gasteiger partial charge is 0.343 e. The van der Waals surface area contributed by atoms with Gasteiger partial charge >= 0.3 is 11.9 Å². The van der Waals surface area contributed by atoms with Crippen molar-refractivity contribution in [1.82, 2.24) is 0 Å². The fourth-order valence-electron chi connectivity index (χ4n) is 3.48. The minimum absolute atomic E-state index is 0.194. The van der Waals surface area contributed by atoms with Crippen LogP contribution < -0.4 is 4.74 Å². The Morgan fingerprint density at radius 1 is 0.833 bits per heavy atom. The molecule has 162 valence electrons. The Bertz CT molecular complexity index is 982. The highest BCUT2D eigenvalue weighted by Gasteiger charge is 2.28. The van der Waals surface area contributed by atoms with Gasteiger partial charge in [-0.25, -0.2) is 9.59 Å². The molecule has 0 amide bonds. The maximum Gasteiger partial charge on any atom is 0.343 e. The van der Waals surface area contributed by atoms with Gasteiger partial charge in [-0.1, -0.05) is 41.5 Å². The minimum Gasteiger partial charge on any atom is -0.507 e. The van der Waals surface area contributed by atoms with Crippen molar-refractivity contribution in [2.75, 3.05) is 0 Å². The molecule has 0 aliphatic heterocycles. The summed E-state index contributed by atoms with van der Waals surface area (Å²) >= 11 is 0. The van der Waals surface area contributed by atoms with E-state index < -0.39 is 11.9 Å². The van der Waals surface area contributed by atoms with Gasteiger partial charge < -0.3 is 14.9 Å². The van der Waals surface area contributed by atoms with Crippen molar-refractivity contribution in [2.24, 2.45) is 0 Å². The van der Waals surface area contributed by atoms with Gasteiger partial charge in [0.2, 0.25) is 0 Å². The normalized spacial score (nSPS) is 12.0. The summed E-state index contributed by atoms with van der Waals surface area (Å²) in [5.74, 6) is -0.995. The van der Waals surface area contributed by atoms with E-state index in [0.29, 0.717) is 39.1 Å². The van der Waals surface area contributed by atoms with Crippen LogP contribution in [0.3, 0.4) is 0 Å².